The van der Waals surface area contributed by atoms with Crippen molar-refractivity contribution in [2.45, 2.75) is 24.6 Å². The Kier molecular flexibility index (Phi) is 5.71. The molecule has 6 nitrogen and oxygen atoms in total. The molecule has 4 aromatic rings. The van der Waals surface area contributed by atoms with Gasteiger partial charge < -0.3 is 10.0 Å². The summed E-state index contributed by atoms with van der Waals surface area (Å²) in [7, 11) is 0. The van der Waals surface area contributed by atoms with E-state index in [2.05, 4.69) is 20.1 Å². The molecule has 1 saturated carbocycles. The Morgan fingerprint density at radius 1 is 1.22 bits per heavy atom. The summed E-state index contributed by atoms with van der Waals surface area (Å²) >= 11 is 7.78. The maximum absolute atomic E-state index is 14.8. The Bertz CT molecular complexity index is 1310. The van der Waals surface area contributed by atoms with E-state index < -0.39 is 11.7 Å². The number of carbonyl (C=O) groups is 1. The molecule has 0 atom stereocenters. The van der Waals surface area contributed by atoms with Crippen molar-refractivity contribution in [2.24, 2.45) is 0 Å². The van der Waals surface area contributed by atoms with Crippen molar-refractivity contribution in [3.8, 4) is 11.1 Å². The Balaban J connectivity index is 1.28. The van der Waals surface area contributed by atoms with Gasteiger partial charge in [-0.2, -0.15) is 5.10 Å². The van der Waals surface area contributed by atoms with E-state index in [1.165, 1.54) is 25.0 Å². The highest BCUT2D eigenvalue weighted by Crippen LogP contribution is 2.34. The van der Waals surface area contributed by atoms with E-state index in [9.17, 15) is 9.18 Å². The summed E-state index contributed by atoms with van der Waals surface area (Å²) in [5.41, 5.74) is 3.71. The van der Waals surface area contributed by atoms with Crippen molar-refractivity contribution in [3.05, 3.63) is 83.2 Å². The van der Waals surface area contributed by atoms with E-state index in [1.807, 2.05) is 12.1 Å². The van der Waals surface area contributed by atoms with E-state index in [0.29, 0.717) is 21.5 Å². The van der Waals surface area contributed by atoms with Crippen molar-refractivity contribution in [1.82, 2.24) is 19.9 Å². The van der Waals surface area contributed by atoms with Gasteiger partial charge in [0, 0.05) is 33.9 Å². The molecule has 0 radical (unpaired) electrons. The molecule has 0 bridgehead atoms. The van der Waals surface area contributed by atoms with Crippen LogP contribution in [0.15, 0.2) is 61.1 Å². The van der Waals surface area contributed by atoms with Crippen molar-refractivity contribution in [2.75, 3.05) is 4.72 Å². The number of nitrogens with one attached hydrogen (secondary N) is 2. The van der Waals surface area contributed by atoms with Crippen molar-refractivity contribution in [3.63, 3.8) is 0 Å². The second kappa shape index (κ2) is 8.80. The summed E-state index contributed by atoms with van der Waals surface area (Å²) in [5.74, 6) is -1.10. The molecule has 1 fully saturated rings. The fourth-order valence-electron chi connectivity index (χ4n) is 3.29. The van der Waals surface area contributed by atoms with Gasteiger partial charge in [0.2, 0.25) is 0 Å². The van der Waals surface area contributed by atoms with Gasteiger partial charge >= 0.3 is 0 Å². The van der Waals surface area contributed by atoms with Gasteiger partial charge in [-0.3, -0.25) is 9.78 Å². The van der Waals surface area contributed by atoms with Gasteiger partial charge in [-0.15, -0.1) is 0 Å². The average molecular weight is 468 g/mol. The molecule has 1 aromatic carbocycles. The van der Waals surface area contributed by atoms with Gasteiger partial charge in [0.25, 0.3) is 5.91 Å². The number of rotatable bonds is 7. The lowest BCUT2D eigenvalue weighted by Crippen LogP contribution is -2.24. The highest BCUT2D eigenvalue weighted by atomic mass is 35.5. The lowest BCUT2D eigenvalue weighted by atomic mass is 10.0. The monoisotopic (exact) mass is 467 g/mol. The first-order valence-corrected chi connectivity index (χ1v) is 11.4. The molecule has 1 aliphatic carbocycles. The van der Waals surface area contributed by atoms with Crippen LogP contribution in [0.5, 0.6) is 0 Å². The first-order chi connectivity index (χ1) is 15.6. The number of amides is 1. The molecule has 1 amide bonds. The van der Waals surface area contributed by atoms with E-state index in [4.69, 9.17) is 11.6 Å². The lowest BCUT2D eigenvalue weighted by Gasteiger charge is -2.09. The first-order valence-electron chi connectivity index (χ1n) is 10.1. The van der Waals surface area contributed by atoms with Gasteiger partial charge in [0.1, 0.15) is 5.82 Å². The molecular weight excluding hydrogens is 449 g/mol. The van der Waals surface area contributed by atoms with Crippen molar-refractivity contribution >= 4 is 40.7 Å². The van der Waals surface area contributed by atoms with Crippen LogP contribution in [-0.2, 0) is 6.54 Å². The SMILES string of the molecule is O=C(NCc1cc(NSC2CC2)ccn1)c1ccc(-c2cnn3ccc(Cl)cc23)cc1F. The Morgan fingerprint density at radius 3 is 2.91 bits per heavy atom. The summed E-state index contributed by atoms with van der Waals surface area (Å²) in [4.78, 5) is 16.8. The third-order valence-electron chi connectivity index (χ3n) is 5.12. The zero-order valence-corrected chi connectivity index (χ0v) is 18.5. The minimum atomic E-state index is -0.606. The minimum absolute atomic E-state index is 0.0261. The maximum atomic E-state index is 14.8. The van der Waals surface area contributed by atoms with Crippen LogP contribution in [0.1, 0.15) is 28.9 Å². The number of aromatic nitrogens is 3. The van der Waals surface area contributed by atoms with E-state index in [-0.39, 0.29) is 12.1 Å². The number of hydrogen-bond acceptors (Lipinski definition) is 5. The van der Waals surface area contributed by atoms with Gasteiger partial charge in [-0.05, 0) is 66.8 Å². The molecule has 3 aromatic heterocycles. The maximum Gasteiger partial charge on any atom is 0.254 e. The van der Waals surface area contributed by atoms with Gasteiger partial charge in [-0.25, -0.2) is 8.91 Å². The topological polar surface area (TPSA) is 71.3 Å². The predicted octanol–water partition coefficient (Wildman–Crippen LogP) is 5.34. The highest BCUT2D eigenvalue weighted by Gasteiger charge is 2.22. The molecule has 32 heavy (non-hydrogen) atoms. The van der Waals surface area contributed by atoms with Crippen LogP contribution in [0.25, 0.3) is 16.6 Å². The summed E-state index contributed by atoms with van der Waals surface area (Å²) in [6.45, 7) is 0.205. The summed E-state index contributed by atoms with van der Waals surface area (Å²) < 4.78 is 19.8. The average Bonchev–Trinajstić information content (AvgIpc) is 3.54. The van der Waals surface area contributed by atoms with E-state index >= 15 is 0 Å². The van der Waals surface area contributed by atoms with E-state index in [0.717, 1.165) is 16.8 Å². The van der Waals surface area contributed by atoms with Crippen LogP contribution in [0, 0.1) is 5.82 Å². The fourth-order valence-corrected chi connectivity index (χ4v) is 4.25. The summed E-state index contributed by atoms with van der Waals surface area (Å²) in [6, 6.07) is 11.8. The predicted molar refractivity (Wildman–Crippen MR) is 125 cm³/mol. The molecule has 0 aliphatic heterocycles. The fraction of sp³-hybridized carbons (Fsp3) is 0.174. The zero-order chi connectivity index (χ0) is 22.1. The molecule has 0 saturated heterocycles. The minimum Gasteiger partial charge on any atom is -0.346 e. The molecule has 2 N–H and O–H groups in total. The van der Waals surface area contributed by atoms with Crippen molar-refractivity contribution in [1.29, 1.82) is 0 Å². The molecule has 3 heterocycles. The number of halogens is 2. The Morgan fingerprint density at radius 2 is 2.09 bits per heavy atom. The number of pyridine rings is 2. The second-order valence-electron chi connectivity index (χ2n) is 7.57. The standard InChI is InChI=1S/C23H19ClFN5OS/c24-15-6-8-30-22(10-15)20(13-28-30)14-1-4-19(21(25)9-14)23(31)27-12-17-11-16(5-7-26-17)29-32-18-2-3-18/h1,4-11,13,18H,2-3,12H2,(H,26,29)(H,27,31). The third kappa shape index (κ3) is 4.56. The van der Waals surface area contributed by atoms with Crippen LogP contribution in [0.2, 0.25) is 5.02 Å². The smallest absolute Gasteiger partial charge is 0.254 e. The third-order valence-corrected chi connectivity index (χ3v) is 6.52. The number of fused-ring (bicyclic) bond motifs is 1. The van der Waals surface area contributed by atoms with Crippen LogP contribution < -0.4 is 10.0 Å². The number of benzene rings is 1. The van der Waals surface area contributed by atoms with Crippen LogP contribution in [0.3, 0.4) is 0 Å². The van der Waals surface area contributed by atoms with Crippen LogP contribution in [-0.4, -0.2) is 25.8 Å². The van der Waals surface area contributed by atoms with Gasteiger partial charge in [0.05, 0.1) is 29.5 Å². The highest BCUT2D eigenvalue weighted by molar-refractivity contribution is 8.01. The number of carbonyl (C=O) groups excluding carboxylic acids is 1. The Hall–Kier alpha value is -3.10. The van der Waals surface area contributed by atoms with Crippen LogP contribution >= 0.6 is 23.5 Å². The molecule has 0 unspecified atom stereocenters. The van der Waals surface area contributed by atoms with Crippen LogP contribution in [0.4, 0.5) is 10.1 Å². The van der Waals surface area contributed by atoms with Gasteiger partial charge in [0.15, 0.2) is 0 Å². The molecular formula is C23H19ClFN5OS. The van der Waals surface area contributed by atoms with E-state index in [1.54, 1.807) is 53.3 Å². The molecule has 1 aliphatic rings. The lowest BCUT2D eigenvalue weighted by molar-refractivity contribution is 0.0946. The van der Waals surface area contributed by atoms with Gasteiger partial charge in [-0.1, -0.05) is 17.7 Å². The molecule has 5 rings (SSSR count). The first kappa shape index (κ1) is 20.8. The largest absolute Gasteiger partial charge is 0.346 e. The quantitative estimate of drug-likeness (QED) is 0.359. The zero-order valence-electron chi connectivity index (χ0n) is 16.9. The molecule has 162 valence electrons. The van der Waals surface area contributed by atoms with Crippen molar-refractivity contribution < 1.29 is 9.18 Å². The molecule has 0 spiro atoms. The number of hydrogen-bond donors (Lipinski definition) is 2. The number of anilines is 1. The second-order valence-corrected chi connectivity index (χ2v) is 9.11. The summed E-state index contributed by atoms with van der Waals surface area (Å²) in [5, 5.41) is 8.24. The normalized spacial score (nSPS) is 13.3. The summed E-state index contributed by atoms with van der Waals surface area (Å²) in [6.07, 6.45) is 7.55. The Labute approximate surface area is 193 Å². The number of nitrogens with zero attached hydrogens (tertiary/aromatic N) is 3. The molecule has 9 heteroatoms.